The fraction of sp³-hybridized carbons (Fsp3) is 0.278. The van der Waals surface area contributed by atoms with E-state index in [2.05, 4.69) is 5.32 Å². The van der Waals surface area contributed by atoms with Crippen LogP contribution in [0.25, 0.3) is 0 Å². The van der Waals surface area contributed by atoms with E-state index in [9.17, 15) is 4.79 Å². The van der Waals surface area contributed by atoms with E-state index in [0.717, 1.165) is 12.0 Å². The molecule has 0 spiro atoms. The number of benzene rings is 2. The number of ether oxygens (including phenoxy) is 2. The molecule has 0 radical (unpaired) electrons. The van der Waals surface area contributed by atoms with Crippen molar-refractivity contribution in [1.82, 2.24) is 5.32 Å². The Morgan fingerprint density at radius 3 is 2.41 bits per heavy atom. The lowest BCUT2D eigenvalue weighted by Crippen LogP contribution is -2.28. The number of methoxy groups -OCH3 is 1. The second-order valence-electron chi connectivity index (χ2n) is 4.94. The summed E-state index contributed by atoms with van der Waals surface area (Å²) < 4.78 is 10.5. The van der Waals surface area contributed by atoms with Crippen LogP contribution in [0.2, 0.25) is 0 Å². The molecule has 0 aromatic heterocycles. The fourth-order valence-electron chi connectivity index (χ4n) is 1.97. The quantitative estimate of drug-likeness (QED) is 0.815. The van der Waals surface area contributed by atoms with Gasteiger partial charge in [-0.2, -0.15) is 0 Å². The molecule has 1 N–H and O–H groups in total. The normalized spacial score (nSPS) is 10.2. The molecule has 1 amide bonds. The minimum absolute atomic E-state index is 0.0181. The summed E-state index contributed by atoms with van der Waals surface area (Å²) in [5.41, 5.74) is 2.25. The van der Waals surface area contributed by atoms with Crippen LogP contribution >= 0.6 is 0 Å². The third-order valence-electron chi connectivity index (χ3n) is 3.22. The first-order valence-electron chi connectivity index (χ1n) is 7.29. The molecule has 0 fully saturated rings. The number of rotatable bonds is 8. The molecular weight excluding hydrogens is 278 g/mol. The topological polar surface area (TPSA) is 47.6 Å². The van der Waals surface area contributed by atoms with Gasteiger partial charge in [0.1, 0.15) is 5.75 Å². The van der Waals surface area contributed by atoms with Crippen molar-refractivity contribution in [2.45, 2.75) is 13.0 Å². The minimum Gasteiger partial charge on any atom is -0.484 e. The van der Waals surface area contributed by atoms with Gasteiger partial charge in [-0.3, -0.25) is 4.79 Å². The SMILES string of the molecule is COCCc1ccc(OCC(=O)NCc2ccccc2)cc1. The Kier molecular flexibility index (Phi) is 6.45. The summed E-state index contributed by atoms with van der Waals surface area (Å²) in [6, 6.07) is 17.5. The van der Waals surface area contributed by atoms with Crippen molar-refractivity contribution < 1.29 is 14.3 Å². The summed E-state index contributed by atoms with van der Waals surface area (Å²) in [7, 11) is 1.69. The average molecular weight is 299 g/mol. The third-order valence-corrected chi connectivity index (χ3v) is 3.22. The maximum absolute atomic E-state index is 11.7. The standard InChI is InChI=1S/C18H21NO3/c1-21-12-11-15-7-9-17(10-8-15)22-14-18(20)19-13-16-5-3-2-4-6-16/h2-10H,11-14H2,1H3,(H,19,20). The Morgan fingerprint density at radius 2 is 1.73 bits per heavy atom. The molecule has 2 rings (SSSR count). The van der Waals surface area contributed by atoms with E-state index in [-0.39, 0.29) is 12.5 Å². The molecule has 0 aliphatic carbocycles. The predicted octanol–water partition coefficient (Wildman–Crippen LogP) is 2.57. The van der Waals surface area contributed by atoms with Crippen LogP contribution in [0.5, 0.6) is 5.75 Å². The van der Waals surface area contributed by atoms with Crippen LogP contribution in [0.4, 0.5) is 0 Å². The van der Waals surface area contributed by atoms with Gasteiger partial charge in [0.05, 0.1) is 6.61 Å². The number of hydrogen-bond acceptors (Lipinski definition) is 3. The van der Waals surface area contributed by atoms with Crippen LogP contribution in [0.3, 0.4) is 0 Å². The molecule has 0 aliphatic rings. The predicted molar refractivity (Wildman–Crippen MR) is 85.8 cm³/mol. The van der Waals surface area contributed by atoms with E-state index in [1.165, 1.54) is 5.56 Å². The zero-order valence-electron chi connectivity index (χ0n) is 12.7. The number of amides is 1. The molecule has 2 aromatic carbocycles. The van der Waals surface area contributed by atoms with Crippen molar-refractivity contribution >= 4 is 5.91 Å². The van der Waals surface area contributed by atoms with Crippen LogP contribution in [-0.2, 0) is 22.5 Å². The molecule has 0 bridgehead atoms. The fourth-order valence-corrected chi connectivity index (χ4v) is 1.97. The van der Waals surface area contributed by atoms with Crippen molar-refractivity contribution in [3.8, 4) is 5.75 Å². The Balaban J connectivity index is 1.71. The Bertz CT molecular complexity index is 567. The summed E-state index contributed by atoms with van der Waals surface area (Å²) in [5.74, 6) is 0.559. The maximum Gasteiger partial charge on any atom is 0.258 e. The highest BCUT2D eigenvalue weighted by Crippen LogP contribution is 2.12. The van der Waals surface area contributed by atoms with Crippen LogP contribution in [0.1, 0.15) is 11.1 Å². The smallest absolute Gasteiger partial charge is 0.258 e. The second kappa shape index (κ2) is 8.85. The van der Waals surface area contributed by atoms with Gasteiger partial charge in [-0.05, 0) is 29.7 Å². The molecule has 2 aromatic rings. The Hall–Kier alpha value is -2.33. The Labute approximate surface area is 131 Å². The molecule has 4 nitrogen and oxygen atoms in total. The summed E-state index contributed by atoms with van der Waals surface area (Å²) in [6.07, 6.45) is 0.869. The summed E-state index contributed by atoms with van der Waals surface area (Å²) >= 11 is 0. The third kappa shape index (κ3) is 5.58. The molecule has 0 aliphatic heterocycles. The minimum atomic E-state index is -0.132. The van der Waals surface area contributed by atoms with Gasteiger partial charge in [-0.25, -0.2) is 0 Å². The highest BCUT2D eigenvalue weighted by Gasteiger charge is 2.03. The second-order valence-corrected chi connectivity index (χ2v) is 4.94. The monoisotopic (exact) mass is 299 g/mol. The molecule has 0 saturated carbocycles. The molecule has 0 saturated heterocycles. The summed E-state index contributed by atoms with van der Waals surface area (Å²) in [5, 5.41) is 2.83. The van der Waals surface area contributed by atoms with Gasteiger partial charge in [0.25, 0.3) is 5.91 Å². The first-order chi connectivity index (χ1) is 10.8. The van der Waals surface area contributed by atoms with Gasteiger partial charge in [0.15, 0.2) is 6.61 Å². The Morgan fingerprint density at radius 1 is 1.00 bits per heavy atom. The highest BCUT2D eigenvalue weighted by molar-refractivity contribution is 5.77. The van der Waals surface area contributed by atoms with Crippen molar-refractivity contribution in [2.75, 3.05) is 20.3 Å². The number of nitrogens with one attached hydrogen (secondary N) is 1. The van der Waals surface area contributed by atoms with Crippen LogP contribution in [0.15, 0.2) is 54.6 Å². The van der Waals surface area contributed by atoms with Gasteiger partial charge < -0.3 is 14.8 Å². The van der Waals surface area contributed by atoms with E-state index >= 15 is 0 Å². The molecule has 0 atom stereocenters. The van der Waals surface area contributed by atoms with Crippen molar-refractivity contribution in [3.05, 3.63) is 65.7 Å². The van der Waals surface area contributed by atoms with Crippen LogP contribution in [0, 0.1) is 0 Å². The number of carbonyl (C=O) groups excluding carboxylic acids is 1. The van der Waals surface area contributed by atoms with E-state index in [0.29, 0.717) is 18.9 Å². The van der Waals surface area contributed by atoms with Crippen molar-refractivity contribution in [3.63, 3.8) is 0 Å². The van der Waals surface area contributed by atoms with Gasteiger partial charge in [0.2, 0.25) is 0 Å². The molecule has 4 heteroatoms. The first-order valence-corrected chi connectivity index (χ1v) is 7.29. The number of hydrogen-bond donors (Lipinski definition) is 1. The summed E-state index contributed by atoms with van der Waals surface area (Å²) in [4.78, 5) is 11.7. The lowest BCUT2D eigenvalue weighted by molar-refractivity contribution is -0.123. The maximum atomic E-state index is 11.7. The lowest BCUT2D eigenvalue weighted by Gasteiger charge is -2.08. The van der Waals surface area contributed by atoms with E-state index in [1.54, 1.807) is 7.11 Å². The zero-order valence-corrected chi connectivity index (χ0v) is 12.7. The van der Waals surface area contributed by atoms with E-state index in [4.69, 9.17) is 9.47 Å². The number of carbonyl (C=O) groups is 1. The zero-order chi connectivity index (χ0) is 15.6. The van der Waals surface area contributed by atoms with Gasteiger partial charge in [0, 0.05) is 13.7 Å². The van der Waals surface area contributed by atoms with Crippen molar-refractivity contribution in [1.29, 1.82) is 0 Å². The van der Waals surface area contributed by atoms with Crippen LogP contribution in [-0.4, -0.2) is 26.2 Å². The average Bonchev–Trinajstić information content (AvgIpc) is 2.58. The van der Waals surface area contributed by atoms with Gasteiger partial charge in [-0.15, -0.1) is 0 Å². The van der Waals surface area contributed by atoms with Crippen molar-refractivity contribution in [2.24, 2.45) is 0 Å². The van der Waals surface area contributed by atoms with E-state index < -0.39 is 0 Å². The molecule has 0 heterocycles. The van der Waals surface area contributed by atoms with Gasteiger partial charge >= 0.3 is 0 Å². The lowest BCUT2D eigenvalue weighted by atomic mass is 10.1. The van der Waals surface area contributed by atoms with Gasteiger partial charge in [-0.1, -0.05) is 42.5 Å². The van der Waals surface area contributed by atoms with E-state index in [1.807, 2.05) is 54.6 Å². The molecule has 116 valence electrons. The molecule has 22 heavy (non-hydrogen) atoms. The highest BCUT2D eigenvalue weighted by atomic mass is 16.5. The molecule has 0 unspecified atom stereocenters. The summed E-state index contributed by atoms with van der Waals surface area (Å²) in [6.45, 7) is 1.23. The largest absolute Gasteiger partial charge is 0.484 e. The molecular formula is C18H21NO3. The van der Waals surface area contributed by atoms with Crippen LogP contribution < -0.4 is 10.1 Å². The first kappa shape index (κ1) is 16.0.